The summed E-state index contributed by atoms with van der Waals surface area (Å²) < 4.78 is 5.06. The monoisotopic (exact) mass is 277 g/mol. The van der Waals surface area contributed by atoms with Gasteiger partial charge in [0.05, 0.1) is 23.3 Å². The molecule has 102 valence electrons. The summed E-state index contributed by atoms with van der Waals surface area (Å²) in [5.41, 5.74) is 1.82. The van der Waals surface area contributed by atoms with Gasteiger partial charge in [0.15, 0.2) is 0 Å². The summed E-state index contributed by atoms with van der Waals surface area (Å²) in [7, 11) is 0. The van der Waals surface area contributed by atoms with Crippen molar-refractivity contribution < 1.29 is 9.53 Å². The quantitative estimate of drug-likeness (QED) is 0.933. The molecule has 0 spiro atoms. The molecule has 0 bridgehead atoms. The van der Waals surface area contributed by atoms with E-state index in [0.29, 0.717) is 16.8 Å². The molecule has 0 fully saturated rings. The Balaban J connectivity index is 2.00. The zero-order valence-electron chi connectivity index (χ0n) is 11.0. The molecule has 0 aliphatic carbocycles. The van der Waals surface area contributed by atoms with E-state index in [1.54, 1.807) is 0 Å². The number of hydrogen-bond acceptors (Lipinski definition) is 4. The Morgan fingerprint density at radius 2 is 1.67 bits per heavy atom. The minimum Gasteiger partial charge on any atom is -0.444 e. The van der Waals surface area contributed by atoms with Crippen LogP contribution in [-0.2, 0) is 11.3 Å². The molecule has 0 aliphatic rings. The van der Waals surface area contributed by atoms with Crippen molar-refractivity contribution in [3.63, 3.8) is 0 Å². The maximum atomic E-state index is 11.7. The fourth-order valence-corrected chi connectivity index (χ4v) is 1.71. The van der Waals surface area contributed by atoms with Gasteiger partial charge >= 0.3 is 6.09 Å². The third-order valence-corrected chi connectivity index (χ3v) is 2.65. The lowest BCUT2D eigenvalue weighted by atomic mass is 10.1. The van der Waals surface area contributed by atoms with Crippen molar-refractivity contribution in [2.45, 2.75) is 6.61 Å². The summed E-state index contributed by atoms with van der Waals surface area (Å²) in [6.45, 7) is 0.149. The first kappa shape index (κ1) is 14.1. The van der Waals surface area contributed by atoms with Gasteiger partial charge in [0, 0.05) is 5.69 Å². The van der Waals surface area contributed by atoms with Crippen molar-refractivity contribution in [3.05, 3.63) is 65.2 Å². The average Bonchev–Trinajstić information content (AvgIpc) is 2.53. The molecule has 2 rings (SSSR count). The van der Waals surface area contributed by atoms with E-state index < -0.39 is 6.09 Å². The highest BCUT2D eigenvalue weighted by Crippen LogP contribution is 2.14. The topological polar surface area (TPSA) is 85.9 Å². The Kier molecular flexibility index (Phi) is 4.53. The van der Waals surface area contributed by atoms with E-state index in [1.165, 1.54) is 18.2 Å². The van der Waals surface area contributed by atoms with Crippen molar-refractivity contribution in [1.29, 1.82) is 10.5 Å². The van der Waals surface area contributed by atoms with Crippen molar-refractivity contribution >= 4 is 11.8 Å². The Morgan fingerprint density at radius 1 is 1.05 bits per heavy atom. The lowest BCUT2D eigenvalue weighted by Crippen LogP contribution is -2.13. The summed E-state index contributed by atoms with van der Waals surface area (Å²) in [5.74, 6) is 0. The average molecular weight is 277 g/mol. The van der Waals surface area contributed by atoms with Crippen LogP contribution in [0.1, 0.15) is 16.7 Å². The second-order valence-corrected chi connectivity index (χ2v) is 4.21. The van der Waals surface area contributed by atoms with Crippen LogP contribution in [0, 0.1) is 22.7 Å². The van der Waals surface area contributed by atoms with E-state index >= 15 is 0 Å². The van der Waals surface area contributed by atoms with Crippen molar-refractivity contribution in [1.82, 2.24) is 0 Å². The number of anilines is 1. The summed E-state index contributed by atoms with van der Waals surface area (Å²) >= 11 is 0. The van der Waals surface area contributed by atoms with Crippen LogP contribution >= 0.6 is 0 Å². The Labute approximate surface area is 122 Å². The van der Waals surface area contributed by atoms with Gasteiger partial charge in [0.1, 0.15) is 6.61 Å². The highest BCUT2D eigenvalue weighted by atomic mass is 16.5. The third kappa shape index (κ3) is 4.09. The first-order chi connectivity index (χ1) is 10.2. The van der Waals surface area contributed by atoms with Gasteiger partial charge in [0.2, 0.25) is 0 Å². The summed E-state index contributed by atoms with van der Waals surface area (Å²) in [6.07, 6.45) is -0.641. The normalized spacial score (nSPS) is 9.24. The van der Waals surface area contributed by atoms with Crippen LogP contribution < -0.4 is 5.32 Å². The van der Waals surface area contributed by atoms with Crippen molar-refractivity contribution in [2.24, 2.45) is 0 Å². The highest BCUT2D eigenvalue weighted by molar-refractivity contribution is 5.85. The minimum absolute atomic E-state index is 0.149. The second kappa shape index (κ2) is 6.74. The van der Waals surface area contributed by atoms with Crippen molar-refractivity contribution in [2.75, 3.05) is 5.32 Å². The number of amides is 1. The molecule has 0 radical (unpaired) electrons. The lowest BCUT2D eigenvalue weighted by molar-refractivity contribution is 0.155. The number of carbonyl (C=O) groups is 1. The van der Waals surface area contributed by atoms with Gasteiger partial charge in [0.25, 0.3) is 0 Å². The van der Waals surface area contributed by atoms with E-state index in [1.807, 2.05) is 42.5 Å². The molecule has 2 aromatic rings. The number of ether oxygens (including phenoxy) is 1. The number of carbonyl (C=O) groups excluding carboxylic acids is 1. The number of benzene rings is 2. The molecule has 0 saturated carbocycles. The molecule has 0 aliphatic heterocycles. The van der Waals surface area contributed by atoms with Crippen LogP contribution in [0.15, 0.2) is 48.5 Å². The Morgan fingerprint density at radius 3 is 2.24 bits per heavy atom. The van der Waals surface area contributed by atoms with Gasteiger partial charge in [-0.15, -0.1) is 0 Å². The standard InChI is InChI=1S/C16H11N3O2/c17-9-13-6-14(10-18)8-15(7-13)19-16(20)21-11-12-4-2-1-3-5-12/h1-8H,11H2,(H,19,20). The predicted octanol–water partition coefficient (Wildman–Crippen LogP) is 3.18. The van der Waals surface area contributed by atoms with Gasteiger partial charge in [-0.05, 0) is 23.8 Å². The van der Waals surface area contributed by atoms with Gasteiger partial charge in [-0.3, -0.25) is 5.32 Å². The molecule has 0 saturated heterocycles. The molecule has 2 aromatic carbocycles. The van der Waals surface area contributed by atoms with E-state index in [2.05, 4.69) is 5.32 Å². The van der Waals surface area contributed by atoms with E-state index in [-0.39, 0.29) is 6.61 Å². The predicted molar refractivity (Wildman–Crippen MR) is 76.1 cm³/mol. The smallest absolute Gasteiger partial charge is 0.411 e. The molecule has 0 heterocycles. The number of nitriles is 2. The maximum absolute atomic E-state index is 11.7. The molecule has 5 heteroatoms. The molecule has 21 heavy (non-hydrogen) atoms. The number of hydrogen-bond donors (Lipinski definition) is 1. The molecule has 0 aromatic heterocycles. The van der Waals surface area contributed by atoms with Crippen LogP contribution in [0.3, 0.4) is 0 Å². The molecule has 0 unspecified atom stereocenters. The third-order valence-electron chi connectivity index (χ3n) is 2.65. The first-order valence-electron chi connectivity index (χ1n) is 6.14. The first-order valence-corrected chi connectivity index (χ1v) is 6.14. The zero-order chi connectivity index (χ0) is 15.1. The van der Waals surface area contributed by atoms with Crippen LogP contribution in [0.4, 0.5) is 10.5 Å². The van der Waals surface area contributed by atoms with E-state index in [4.69, 9.17) is 15.3 Å². The van der Waals surface area contributed by atoms with E-state index in [9.17, 15) is 4.79 Å². The molecule has 0 atom stereocenters. The summed E-state index contributed by atoms with van der Waals surface area (Å²) in [4.78, 5) is 11.7. The number of rotatable bonds is 3. The number of nitrogens with one attached hydrogen (secondary N) is 1. The van der Waals surface area contributed by atoms with E-state index in [0.717, 1.165) is 5.56 Å². The van der Waals surface area contributed by atoms with Crippen LogP contribution in [-0.4, -0.2) is 6.09 Å². The zero-order valence-corrected chi connectivity index (χ0v) is 11.0. The molecule has 1 amide bonds. The molecule has 5 nitrogen and oxygen atoms in total. The minimum atomic E-state index is -0.641. The fraction of sp³-hybridized carbons (Fsp3) is 0.0625. The van der Waals surface area contributed by atoms with Crippen LogP contribution in [0.25, 0.3) is 0 Å². The lowest BCUT2D eigenvalue weighted by Gasteiger charge is -2.07. The van der Waals surface area contributed by atoms with Gasteiger partial charge in [-0.25, -0.2) is 4.79 Å². The molecular weight excluding hydrogens is 266 g/mol. The Hall–Kier alpha value is -3.31. The van der Waals surface area contributed by atoms with Gasteiger partial charge in [-0.2, -0.15) is 10.5 Å². The second-order valence-electron chi connectivity index (χ2n) is 4.21. The summed E-state index contributed by atoms with van der Waals surface area (Å²) in [5, 5.41) is 20.2. The van der Waals surface area contributed by atoms with Gasteiger partial charge < -0.3 is 4.74 Å². The SMILES string of the molecule is N#Cc1cc(C#N)cc(NC(=O)OCc2ccccc2)c1. The largest absolute Gasteiger partial charge is 0.444 e. The fourth-order valence-electron chi connectivity index (χ4n) is 1.71. The summed E-state index contributed by atoms with van der Waals surface area (Å²) in [6, 6.07) is 17.5. The van der Waals surface area contributed by atoms with Gasteiger partial charge in [-0.1, -0.05) is 30.3 Å². The Bertz CT molecular complexity index is 695. The van der Waals surface area contributed by atoms with Crippen LogP contribution in [0.2, 0.25) is 0 Å². The van der Waals surface area contributed by atoms with Crippen LogP contribution in [0.5, 0.6) is 0 Å². The van der Waals surface area contributed by atoms with Crippen molar-refractivity contribution in [3.8, 4) is 12.1 Å². The highest BCUT2D eigenvalue weighted by Gasteiger charge is 2.06. The maximum Gasteiger partial charge on any atom is 0.411 e. The number of nitrogens with zero attached hydrogens (tertiary/aromatic N) is 2. The molecular formula is C16H11N3O2. The molecule has 1 N–H and O–H groups in total.